The molecule has 102 valence electrons. The van der Waals surface area contributed by atoms with Crippen LogP contribution >= 0.6 is 15.9 Å². The first-order valence-corrected chi connectivity index (χ1v) is 5.84. The third-order valence-electron chi connectivity index (χ3n) is 2.11. The van der Waals surface area contributed by atoms with E-state index in [4.69, 9.17) is 4.74 Å². The Morgan fingerprint density at radius 3 is 2.33 bits per heavy atom. The van der Waals surface area contributed by atoms with Gasteiger partial charge in [0.2, 0.25) is 0 Å². The Kier molecular flexibility index (Phi) is 4.95. The molecule has 0 aliphatic heterocycles. The third kappa shape index (κ3) is 4.44. The Bertz CT molecular complexity index is 391. The van der Waals surface area contributed by atoms with Gasteiger partial charge in [-0.25, -0.2) is 0 Å². The fourth-order valence-corrected chi connectivity index (χ4v) is 1.56. The summed E-state index contributed by atoms with van der Waals surface area (Å²) in [6.07, 6.45) is -7.15. The molecule has 1 rings (SSSR count). The van der Waals surface area contributed by atoms with Gasteiger partial charge in [-0.05, 0) is 24.6 Å². The summed E-state index contributed by atoms with van der Waals surface area (Å²) in [5.74, 6) is -4.24. The second kappa shape index (κ2) is 5.86. The molecule has 0 radical (unpaired) electrons. The maximum atomic E-state index is 12.5. The minimum atomic E-state index is -5.50. The Balaban J connectivity index is 2.35. The van der Waals surface area contributed by atoms with Crippen LogP contribution in [0.25, 0.3) is 0 Å². The fourth-order valence-electron chi connectivity index (χ4n) is 1.18. The van der Waals surface area contributed by atoms with Crippen molar-refractivity contribution in [1.29, 1.82) is 0 Å². The summed E-state index contributed by atoms with van der Waals surface area (Å²) in [6.45, 7) is -0.192. The topological polar surface area (TPSA) is 9.23 Å². The Hall–Kier alpha value is -0.850. The van der Waals surface area contributed by atoms with Crippen molar-refractivity contribution in [3.63, 3.8) is 0 Å². The molecule has 0 saturated carbocycles. The molecule has 1 aromatic carbocycles. The zero-order valence-corrected chi connectivity index (χ0v) is 10.7. The van der Waals surface area contributed by atoms with E-state index in [0.29, 0.717) is 5.75 Å². The number of rotatable bonds is 5. The average Bonchev–Trinajstić information content (AvgIpc) is 2.23. The van der Waals surface area contributed by atoms with Crippen molar-refractivity contribution >= 4 is 15.9 Å². The predicted octanol–water partition coefficient (Wildman–Crippen LogP) is 4.81. The lowest BCUT2D eigenvalue weighted by atomic mass is 10.2. The van der Waals surface area contributed by atoms with Crippen LogP contribution in [0.2, 0.25) is 0 Å². The number of ether oxygens (including phenoxy) is 1. The summed E-state index contributed by atoms with van der Waals surface area (Å²) in [7, 11) is 0. The molecule has 7 heteroatoms. The van der Waals surface area contributed by atoms with E-state index in [1.54, 1.807) is 24.3 Å². The van der Waals surface area contributed by atoms with E-state index in [-0.39, 0.29) is 13.0 Å². The van der Waals surface area contributed by atoms with Gasteiger partial charge in [-0.2, -0.15) is 22.0 Å². The summed E-state index contributed by atoms with van der Waals surface area (Å²) in [5.41, 5.74) is 0. The molecule has 0 aromatic heterocycles. The van der Waals surface area contributed by atoms with Gasteiger partial charge in [-0.15, -0.1) is 0 Å². The van der Waals surface area contributed by atoms with Crippen molar-refractivity contribution < 1.29 is 26.7 Å². The van der Waals surface area contributed by atoms with Gasteiger partial charge in [0, 0.05) is 10.9 Å². The summed E-state index contributed by atoms with van der Waals surface area (Å²) in [4.78, 5) is 0. The van der Waals surface area contributed by atoms with E-state index in [0.717, 1.165) is 4.47 Å². The number of alkyl halides is 5. The summed E-state index contributed by atoms with van der Waals surface area (Å²) in [5, 5.41) is 0. The van der Waals surface area contributed by atoms with Crippen LogP contribution in [-0.2, 0) is 0 Å². The van der Waals surface area contributed by atoms with Crippen molar-refractivity contribution in [2.75, 3.05) is 6.61 Å². The van der Waals surface area contributed by atoms with Crippen molar-refractivity contribution in [3.8, 4) is 5.75 Å². The van der Waals surface area contributed by atoms with Crippen LogP contribution in [0.3, 0.4) is 0 Å². The number of hydrogen-bond donors (Lipinski definition) is 0. The van der Waals surface area contributed by atoms with Gasteiger partial charge < -0.3 is 4.74 Å². The highest BCUT2D eigenvalue weighted by molar-refractivity contribution is 9.10. The minimum Gasteiger partial charge on any atom is -0.494 e. The van der Waals surface area contributed by atoms with Crippen LogP contribution in [-0.4, -0.2) is 18.7 Å². The summed E-state index contributed by atoms with van der Waals surface area (Å²) < 4.78 is 66.4. The fraction of sp³-hybridized carbons (Fsp3) is 0.455. The molecule has 18 heavy (non-hydrogen) atoms. The van der Waals surface area contributed by atoms with Gasteiger partial charge in [-0.3, -0.25) is 0 Å². The standard InChI is InChI=1S/C11H10BrF5O/c12-8-3-1-4-9(7-8)18-6-2-5-10(13,14)11(15,16)17/h1,3-4,7H,2,5-6H2. The van der Waals surface area contributed by atoms with E-state index < -0.39 is 18.5 Å². The first-order valence-electron chi connectivity index (χ1n) is 5.05. The molecule has 0 aliphatic rings. The molecular formula is C11H10BrF5O. The van der Waals surface area contributed by atoms with Crippen LogP contribution in [0, 0.1) is 0 Å². The predicted molar refractivity (Wildman–Crippen MR) is 59.9 cm³/mol. The van der Waals surface area contributed by atoms with Crippen molar-refractivity contribution in [2.24, 2.45) is 0 Å². The van der Waals surface area contributed by atoms with Gasteiger partial charge in [0.25, 0.3) is 0 Å². The van der Waals surface area contributed by atoms with E-state index in [2.05, 4.69) is 15.9 Å². The third-order valence-corrected chi connectivity index (χ3v) is 2.61. The number of halogens is 6. The highest BCUT2D eigenvalue weighted by atomic mass is 79.9. The molecule has 0 fully saturated rings. The molecule has 1 aromatic rings. The molecular weight excluding hydrogens is 323 g/mol. The zero-order chi connectivity index (χ0) is 13.8. The van der Waals surface area contributed by atoms with Gasteiger partial charge >= 0.3 is 12.1 Å². The molecule has 0 bridgehead atoms. The summed E-state index contributed by atoms with van der Waals surface area (Å²) in [6, 6.07) is 6.60. The molecule has 0 aliphatic carbocycles. The highest BCUT2D eigenvalue weighted by Gasteiger charge is 2.56. The van der Waals surface area contributed by atoms with E-state index >= 15 is 0 Å². The van der Waals surface area contributed by atoms with Crippen LogP contribution < -0.4 is 4.74 Å². The smallest absolute Gasteiger partial charge is 0.453 e. The molecule has 1 nitrogen and oxygen atoms in total. The maximum Gasteiger partial charge on any atom is 0.453 e. The second-order valence-electron chi connectivity index (χ2n) is 3.61. The molecule has 0 spiro atoms. The number of benzene rings is 1. The lowest BCUT2D eigenvalue weighted by Gasteiger charge is -2.19. The van der Waals surface area contributed by atoms with Gasteiger partial charge in [0.1, 0.15) is 5.75 Å². The SMILES string of the molecule is FC(F)(F)C(F)(F)CCCOc1cccc(Br)c1. The lowest BCUT2D eigenvalue weighted by Crippen LogP contribution is -2.36. The van der Waals surface area contributed by atoms with Gasteiger partial charge in [-0.1, -0.05) is 22.0 Å². The average molecular weight is 333 g/mol. The van der Waals surface area contributed by atoms with Crippen LogP contribution in [0.15, 0.2) is 28.7 Å². The summed E-state index contributed by atoms with van der Waals surface area (Å²) >= 11 is 3.18. The Morgan fingerprint density at radius 1 is 1.11 bits per heavy atom. The minimum absolute atomic E-state index is 0.192. The molecule has 0 amide bonds. The van der Waals surface area contributed by atoms with Gasteiger partial charge in [0.05, 0.1) is 6.61 Å². The molecule has 0 heterocycles. The normalized spacial score (nSPS) is 12.6. The lowest BCUT2D eigenvalue weighted by molar-refractivity contribution is -0.284. The molecule has 0 atom stereocenters. The maximum absolute atomic E-state index is 12.5. The van der Waals surface area contributed by atoms with Gasteiger partial charge in [0.15, 0.2) is 0 Å². The quantitative estimate of drug-likeness (QED) is 0.555. The van der Waals surface area contributed by atoms with Crippen molar-refractivity contribution in [1.82, 2.24) is 0 Å². The first kappa shape index (κ1) is 15.2. The number of hydrogen-bond acceptors (Lipinski definition) is 1. The molecule has 0 N–H and O–H groups in total. The van der Waals surface area contributed by atoms with Crippen LogP contribution in [0.5, 0.6) is 5.75 Å². The molecule has 0 saturated heterocycles. The van der Waals surface area contributed by atoms with E-state index in [1.165, 1.54) is 0 Å². The Labute approximate surface area is 109 Å². The monoisotopic (exact) mass is 332 g/mol. The van der Waals surface area contributed by atoms with Crippen molar-refractivity contribution in [2.45, 2.75) is 24.9 Å². The zero-order valence-electron chi connectivity index (χ0n) is 9.11. The largest absolute Gasteiger partial charge is 0.494 e. The van der Waals surface area contributed by atoms with Crippen LogP contribution in [0.4, 0.5) is 22.0 Å². The van der Waals surface area contributed by atoms with E-state index in [9.17, 15) is 22.0 Å². The molecule has 0 unspecified atom stereocenters. The second-order valence-corrected chi connectivity index (χ2v) is 4.53. The van der Waals surface area contributed by atoms with Crippen molar-refractivity contribution in [3.05, 3.63) is 28.7 Å². The Morgan fingerprint density at radius 2 is 1.78 bits per heavy atom. The van der Waals surface area contributed by atoms with Crippen LogP contribution in [0.1, 0.15) is 12.8 Å². The van der Waals surface area contributed by atoms with E-state index in [1.807, 2.05) is 0 Å². The first-order chi connectivity index (χ1) is 8.22. The highest BCUT2D eigenvalue weighted by Crippen LogP contribution is 2.38.